The summed E-state index contributed by atoms with van der Waals surface area (Å²) in [6.07, 6.45) is 3.84. The predicted molar refractivity (Wildman–Crippen MR) is 136 cm³/mol. The number of benzene rings is 2. The molecule has 1 aliphatic heterocycles. The lowest BCUT2D eigenvalue weighted by Gasteiger charge is -2.38. The molecule has 1 saturated heterocycles. The Labute approximate surface area is 211 Å². The van der Waals surface area contributed by atoms with E-state index in [1.165, 1.54) is 6.07 Å². The Morgan fingerprint density at radius 1 is 1.22 bits per heavy atom. The molecule has 2 heterocycles. The molecular weight excluding hydrogens is 462 g/mol. The average Bonchev–Trinajstić information content (AvgIpc) is 2.88. The normalized spacial score (nSPS) is 19.3. The van der Waals surface area contributed by atoms with Crippen LogP contribution in [0.1, 0.15) is 49.4 Å². The highest BCUT2D eigenvalue weighted by molar-refractivity contribution is 5.83. The maximum atomic E-state index is 15.5. The topological polar surface area (TPSA) is 62.7 Å². The third-order valence-corrected chi connectivity index (χ3v) is 7.40. The Kier molecular flexibility index (Phi) is 8.86. The lowest BCUT2D eigenvalue weighted by atomic mass is 9.79. The zero-order chi connectivity index (χ0) is 25.5. The Hall–Kier alpha value is -3.06. The van der Waals surface area contributed by atoms with E-state index in [1.807, 2.05) is 30.3 Å². The zero-order valence-electron chi connectivity index (χ0n) is 20.7. The van der Waals surface area contributed by atoms with Gasteiger partial charge in [-0.3, -0.25) is 9.78 Å². The van der Waals surface area contributed by atoms with Crippen LogP contribution in [0.25, 0.3) is 10.9 Å². The van der Waals surface area contributed by atoms with Gasteiger partial charge in [-0.1, -0.05) is 18.2 Å². The van der Waals surface area contributed by atoms with Crippen molar-refractivity contribution in [1.82, 2.24) is 9.88 Å². The van der Waals surface area contributed by atoms with Crippen LogP contribution in [0.5, 0.6) is 5.75 Å². The van der Waals surface area contributed by atoms with Crippen LogP contribution in [0.4, 0.5) is 8.78 Å². The van der Waals surface area contributed by atoms with E-state index in [9.17, 15) is 14.3 Å². The summed E-state index contributed by atoms with van der Waals surface area (Å²) in [5.74, 6) is -0.202. The summed E-state index contributed by atoms with van der Waals surface area (Å²) >= 11 is 0. The third-order valence-electron chi connectivity index (χ3n) is 7.40. The molecule has 3 aromatic rings. The maximum Gasteiger partial charge on any atom is 0.303 e. The van der Waals surface area contributed by atoms with E-state index in [-0.39, 0.29) is 24.1 Å². The number of methoxy groups -OCH3 is 1. The molecule has 1 N–H and O–H groups in total. The molecule has 0 spiro atoms. The molecule has 0 unspecified atom stereocenters. The highest BCUT2D eigenvalue weighted by Gasteiger charge is 2.31. The molecular formula is C29H34F2N2O3. The monoisotopic (exact) mass is 496 g/mol. The smallest absolute Gasteiger partial charge is 0.303 e. The van der Waals surface area contributed by atoms with E-state index in [0.29, 0.717) is 42.7 Å². The number of hydrogen-bond acceptors (Lipinski definition) is 4. The first kappa shape index (κ1) is 26.0. The summed E-state index contributed by atoms with van der Waals surface area (Å²) in [4.78, 5) is 18.2. The van der Waals surface area contributed by atoms with Gasteiger partial charge in [0.2, 0.25) is 0 Å². The van der Waals surface area contributed by atoms with Crippen molar-refractivity contribution in [3.05, 3.63) is 71.7 Å². The van der Waals surface area contributed by atoms with E-state index in [0.717, 1.165) is 36.8 Å². The number of carbonyl (C=O) groups is 1. The molecule has 192 valence electrons. The molecule has 2 aromatic carbocycles. The molecule has 1 aromatic heterocycles. The lowest BCUT2D eigenvalue weighted by Crippen LogP contribution is -2.42. The molecule has 0 bridgehead atoms. The summed E-state index contributed by atoms with van der Waals surface area (Å²) in [5.41, 5.74) is 2.03. The van der Waals surface area contributed by atoms with Crippen molar-refractivity contribution < 1.29 is 23.4 Å². The number of rotatable bonds is 11. The van der Waals surface area contributed by atoms with Crippen LogP contribution in [0, 0.1) is 17.7 Å². The van der Waals surface area contributed by atoms with E-state index in [2.05, 4.69) is 9.88 Å². The second-order valence-corrected chi connectivity index (χ2v) is 9.73. The molecule has 1 fully saturated rings. The van der Waals surface area contributed by atoms with E-state index in [4.69, 9.17) is 4.74 Å². The van der Waals surface area contributed by atoms with Crippen LogP contribution in [-0.4, -0.2) is 47.7 Å². The van der Waals surface area contributed by atoms with Crippen LogP contribution < -0.4 is 4.74 Å². The van der Waals surface area contributed by atoms with Crippen molar-refractivity contribution in [3.8, 4) is 5.75 Å². The van der Waals surface area contributed by atoms with Crippen molar-refractivity contribution in [3.63, 3.8) is 0 Å². The number of hydrogen-bond donors (Lipinski definition) is 1. The summed E-state index contributed by atoms with van der Waals surface area (Å²) in [7, 11) is 1.58. The molecule has 5 nitrogen and oxygen atoms in total. The maximum absolute atomic E-state index is 15.5. The second kappa shape index (κ2) is 12.3. The number of aryl methyl sites for hydroxylation is 1. The van der Waals surface area contributed by atoms with Gasteiger partial charge in [0.05, 0.1) is 12.6 Å². The second-order valence-electron chi connectivity index (χ2n) is 9.73. The molecule has 0 radical (unpaired) electrons. The molecule has 0 amide bonds. The van der Waals surface area contributed by atoms with Crippen molar-refractivity contribution in [2.75, 3.05) is 26.7 Å². The van der Waals surface area contributed by atoms with Gasteiger partial charge >= 0.3 is 5.97 Å². The number of nitrogens with zero attached hydrogens (tertiary/aromatic N) is 2. The first-order valence-corrected chi connectivity index (χ1v) is 12.7. The number of pyridine rings is 1. The Bertz CT molecular complexity index is 1170. The number of ether oxygens (including phenoxy) is 1. The van der Waals surface area contributed by atoms with Gasteiger partial charge in [-0.05, 0) is 98.5 Å². The largest absolute Gasteiger partial charge is 0.497 e. The number of carboxylic acids is 1. The van der Waals surface area contributed by atoms with Crippen molar-refractivity contribution in [2.24, 2.45) is 11.8 Å². The van der Waals surface area contributed by atoms with Gasteiger partial charge in [0, 0.05) is 24.5 Å². The minimum atomic E-state index is -1.16. The summed E-state index contributed by atoms with van der Waals surface area (Å²) < 4.78 is 34.6. The number of likely N-dealkylation sites (tertiary alicyclic amines) is 1. The molecule has 3 atom stereocenters. The molecule has 1 aliphatic rings. The zero-order valence-corrected chi connectivity index (χ0v) is 20.7. The highest BCUT2D eigenvalue weighted by Crippen LogP contribution is 2.36. The van der Waals surface area contributed by atoms with Crippen LogP contribution in [0.2, 0.25) is 0 Å². The molecule has 4 rings (SSSR count). The average molecular weight is 497 g/mol. The van der Waals surface area contributed by atoms with Crippen molar-refractivity contribution in [2.45, 2.75) is 44.7 Å². The molecule has 0 saturated carbocycles. The van der Waals surface area contributed by atoms with Gasteiger partial charge in [-0.2, -0.15) is 0 Å². The van der Waals surface area contributed by atoms with E-state index in [1.54, 1.807) is 25.4 Å². The number of fused-ring (bicyclic) bond motifs is 1. The van der Waals surface area contributed by atoms with Gasteiger partial charge in [-0.15, -0.1) is 0 Å². The summed E-state index contributed by atoms with van der Waals surface area (Å²) in [6, 6.07) is 14.0. The predicted octanol–water partition coefficient (Wildman–Crippen LogP) is 6.22. The van der Waals surface area contributed by atoms with Crippen LogP contribution in [-0.2, 0) is 11.2 Å². The Morgan fingerprint density at radius 2 is 2.06 bits per heavy atom. The van der Waals surface area contributed by atoms with Gasteiger partial charge in [-0.25, -0.2) is 8.78 Å². The first-order valence-electron chi connectivity index (χ1n) is 12.7. The van der Waals surface area contributed by atoms with Crippen molar-refractivity contribution >= 4 is 16.9 Å². The molecule has 0 aliphatic carbocycles. The SMILES string of the molecule is COc1ccc2nccc([C@@H](F)CC[C@@H]3CCN(CCCc4ccccc4F)C[C@@H]3CC(=O)O)c2c1. The highest BCUT2D eigenvalue weighted by atomic mass is 19.1. The fraction of sp³-hybridized carbons (Fsp3) is 0.448. The minimum Gasteiger partial charge on any atom is -0.497 e. The third kappa shape index (κ3) is 6.58. The van der Waals surface area contributed by atoms with Crippen LogP contribution in [0.3, 0.4) is 0 Å². The van der Waals surface area contributed by atoms with Gasteiger partial charge < -0.3 is 14.7 Å². The number of piperidine rings is 1. The number of aliphatic carboxylic acids is 1. The van der Waals surface area contributed by atoms with Crippen LogP contribution >= 0.6 is 0 Å². The quantitative estimate of drug-likeness (QED) is 0.342. The fourth-order valence-corrected chi connectivity index (χ4v) is 5.45. The van der Waals surface area contributed by atoms with Gasteiger partial charge in [0.25, 0.3) is 0 Å². The van der Waals surface area contributed by atoms with Crippen LogP contribution in [0.15, 0.2) is 54.7 Å². The fourth-order valence-electron chi connectivity index (χ4n) is 5.45. The lowest BCUT2D eigenvalue weighted by molar-refractivity contribution is -0.139. The number of alkyl halides is 1. The standard InChI is InChI=1S/C29H34F2N2O3/c1-36-23-9-11-28-25(18-23)24(12-14-32-28)27(31)10-8-20-13-16-33(19-22(20)17-29(34)35)15-4-6-21-5-2-3-7-26(21)30/h2-3,5,7,9,11-12,14,18,20,22,27H,4,6,8,10,13,15-17,19H2,1H3,(H,34,35)/t20-,22+,27+/m1/s1. The van der Waals surface area contributed by atoms with Gasteiger partial charge in [0.1, 0.15) is 17.7 Å². The first-order chi connectivity index (χ1) is 17.4. The molecule has 7 heteroatoms. The summed E-state index contributed by atoms with van der Waals surface area (Å²) in [5, 5.41) is 10.2. The number of aromatic nitrogens is 1. The van der Waals surface area contributed by atoms with E-state index >= 15 is 4.39 Å². The number of halogens is 2. The Balaban J connectivity index is 1.35. The Morgan fingerprint density at radius 3 is 2.83 bits per heavy atom. The summed E-state index contributed by atoms with van der Waals surface area (Å²) in [6.45, 7) is 2.33. The van der Waals surface area contributed by atoms with Gasteiger partial charge in [0.15, 0.2) is 0 Å². The van der Waals surface area contributed by atoms with E-state index < -0.39 is 12.1 Å². The van der Waals surface area contributed by atoms with Crippen molar-refractivity contribution in [1.29, 1.82) is 0 Å². The minimum absolute atomic E-state index is 0.0220. The molecule has 36 heavy (non-hydrogen) atoms. The number of carboxylic acid groups (broad SMARTS) is 1.